The Labute approximate surface area is 136 Å². The third kappa shape index (κ3) is 3.85. The van der Waals surface area contributed by atoms with Crippen LogP contribution < -0.4 is 5.32 Å². The second-order valence-electron chi connectivity index (χ2n) is 5.83. The van der Waals surface area contributed by atoms with Crippen LogP contribution in [0.5, 0.6) is 0 Å². The van der Waals surface area contributed by atoms with E-state index in [9.17, 15) is 4.79 Å². The van der Waals surface area contributed by atoms with Crippen LogP contribution in [0.4, 0.5) is 11.4 Å². The van der Waals surface area contributed by atoms with Gasteiger partial charge in [-0.2, -0.15) is 0 Å². The van der Waals surface area contributed by atoms with E-state index < -0.39 is 0 Å². The zero-order valence-electron chi connectivity index (χ0n) is 13.4. The van der Waals surface area contributed by atoms with Crippen LogP contribution in [0.2, 0.25) is 0 Å². The number of rotatable bonds is 4. The van der Waals surface area contributed by atoms with Crippen LogP contribution in [0.15, 0.2) is 53.5 Å². The van der Waals surface area contributed by atoms with Gasteiger partial charge >= 0.3 is 0 Å². The van der Waals surface area contributed by atoms with Crippen molar-refractivity contribution in [3.63, 3.8) is 0 Å². The van der Waals surface area contributed by atoms with Crippen molar-refractivity contribution < 1.29 is 9.53 Å². The van der Waals surface area contributed by atoms with Crippen molar-refractivity contribution in [2.45, 2.75) is 26.4 Å². The fraction of sp³-hybridized carbons (Fsp3) is 0.263. The smallest absolute Gasteiger partial charge is 0.250 e. The Kier molecular flexibility index (Phi) is 4.53. The lowest BCUT2D eigenvalue weighted by molar-refractivity contribution is -0.122. The Morgan fingerprint density at radius 3 is 2.87 bits per heavy atom. The number of aliphatic imine (C=N–C) groups is 1. The largest absolute Gasteiger partial charge is 0.363 e. The number of fused-ring (bicyclic) bond motifs is 1. The van der Waals surface area contributed by atoms with Crippen molar-refractivity contribution >= 4 is 23.0 Å². The number of hydrogen-bond donors (Lipinski definition) is 1. The molecule has 2 aromatic carbocycles. The highest BCUT2D eigenvalue weighted by atomic mass is 16.5. The van der Waals surface area contributed by atoms with Crippen molar-refractivity contribution in [2.75, 3.05) is 11.9 Å². The van der Waals surface area contributed by atoms with Crippen LogP contribution in [0.25, 0.3) is 0 Å². The van der Waals surface area contributed by atoms with E-state index in [1.54, 1.807) is 0 Å². The van der Waals surface area contributed by atoms with Crippen molar-refractivity contribution in [1.29, 1.82) is 0 Å². The summed E-state index contributed by atoms with van der Waals surface area (Å²) in [6, 6.07) is 15.6. The Hall–Kier alpha value is -2.46. The highest BCUT2D eigenvalue weighted by Crippen LogP contribution is 2.34. The average Bonchev–Trinajstić information content (AvgIpc) is 2.52. The third-order valence-corrected chi connectivity index (χ3v) is 3.79. The topological polar surface area (TPSA) is 50.7 Å². The first-order chi connectivity index (χ1) is 11.1. The molecule has 4 heteroatoms. The number of carbonyl (C=O) groups is 1. The molecule has 0 bridgehead atoms. The van der Waals surface area contributed by atoms with E-state index in [1.807, 2.05) is 62.4 Å². The Morgan fingerprint density at radius 1 is 1.22 bits per heavy atom. The predicted molar refractivity (Wildman–Crippen MR) is 92.3 cm³/mol. The summed E-state index contributed by atoms with van der Waals surface area (Å²) < 4.78 is 5.85. The van der Waals surface area contributed by atoms with Gasteiger partial charge in [0, 0.05) is 23.4 Å². The van der Waals surface area contributed by atoms with E-state index in [2.05, 4.69) is 10.3 Å². The number of carbonyl (C=O) groups excluding carboxylic acids is 1. The molecule has 0 radical (unpaired) electrons. The lowest BCUT2D eigenvalue weighted by Crippen LogP contribution is -2.22. The van der Waals surface area contributed by atoms with E-state index in [0.717, 1.165) is 34.6 Å². The minimum absolute atomic E-state index is 0.0280. The molecule has 2 aromatic rings. The Bertz CT molecular complexity index is 753. The summed E-state index contributed by atoms with van der Waals surface area (Å²) in [6.45, 7) is 4.01. The lowest BCUT2D eigenvalue weighted by atomic mass is 9.99. The number of ether oxygens (including phenoxy) is 1. The molecule has 0 saturated heterocycles. The number of anilines is 1. The zero-order chi connectivity index (χ0) is 16.2. The molecule has 3 rings (SSSR count). The van der Waals surface area contributed by atoms with Gasteiger partial charge < -0.3 is 10.1 Å². The highest BCUT2D eigenvalue weighted by Gasteiger charge is 2.22. The third-order valence-electron chi connectivity index (χ3n) is 3.79. The fourth-order valence-corrected chi connectivity index (χ4v) is 2.74. The monoisotopic (exact) mass is 308 g/mol. The summed E-state index contributed by atoms with van der Waals surface area (Å²) in [7, 11) is 0. The van der Waals surface area contributed by atoms with Gasteiger partial charge in [0.15, 0.2) is 0 Å². The van der Waals surface area contributed by atoms with E-state index in [4.69, 9.17) is 4.74 Å². The number of nitrogens with zero attached hydrogens (tertiary/aromatic N) is 1. The molecule has 1 unspecified atom stereocenters. The zero-order valence-corrected chi connectivity index (χ0v) is 13.4. The Morgan fingerprint density at radius 2 is 2.04 bits per heavy atom. The van der Waals surface area contributed by atoms with Crippen molar-refractivity contribution in [2.24, 2.45) is 4.99 Å². The summed E-state index contributed by atoms with van der Waals surface area (Å²) in [5.74, 6) is -0.145. The van der Waals surface area contributed by atoms with Gasteiger partial charge in [0.1, 0.15) is 6.61 Å². The van der Waals surface area contributed by atoms with Crippen LogP contribution in [0.1, 0.15) is 30.6 Å². The molecule has 118 valence electrons. The van der Waals surface area contributed by atoms with Gasteiger partial charge in [-0.1, -0.05) is 30.3 Å². The molecule has 1 aliphatic rings. The number of benzene rings is 2. The SMILES string of the molecule is CC1=Nc2ccccc2C(OCC(=O)Nc2cccc(C)c2)C1. The summed E-state index contributed by atoms with van der Waals surface area (Å²) in [6.07, 6.45) is 0.598. The number of amides is 1. The van der Waals surface area contributed by atoms with Crippen LogP contribution in [0, 0.1) is 6.92 Å². The van der Waals surface area contributed by atoms with Crippen LogP contribution in [0.3, 0.4) is 0 Å². The van der Waals surface area contributed by atoms with Crippen molar-refractivity contribution in [3.8, 4) is 0 Å². The number of para-hydroxylation sites is 1. The first kappa shape index (κ1) is 15.4. The second kappa shape index (κ2) is 6.75. The first-order valence-corrected chi connectivity index (χ1v) is 7.73. The average molecular weight is 308 g/mol. The van der Waals surface area contributed by atoms with Crippen LogP contribution >= 0.6 is 0 Å². The van der Waals surface area contributed by atoms with Crippen LogP contribution in [-0.4, -0.2) is 18.2 Å². The van der Waals surface area contributed by atoms with Crippen molar-refractivity contribution in [1.82, 2.24) is 0 Å². The maximum Gasteiger partial charge on any atom is 0.250 e. The number of hydrogen-bond acceptors (Lipinski definition) is 3. The van der Waals surface area contributed by atoms with Crippen LogP contribution in [-0.2, 0) is 9.53 Å². The van der Waals surface area contributed by atoms with Gasteiger partial charge in [0.2, 0.25) is 5.91 Å². The normalized spacial score (nSPS) is 16.4. The molecule has 0 aromatic heterocycles. The number of nitrogens with one attached hydrogen (secondary N) is 1. The maximum absolute atomic E-state index is 12.1. The summed E-state index contributed by atoms with van der Waals surface area (Å²) >= 11 is 0. The van der Waals surface area contributed by atoms with E-state index in [-0.39, 0.29) is 18.6 Å². The standard InChI is InChI=1S/C19H20N2O2/c1-13-6-5-7-15(10-13)21-19(22)12-23-18-11-14(2)20-17-9-4-3-8-16(17)18/h3-10,18H,11-12H2,1-2H3,(H,21,22). The van der Waals surface area contributed by atoms with E-state index >= 15 is 0 Å². The molecular weight excluding hydrogens is 288 g/mol. The van der Waals surface area contributed by atoms with Gasteiger partial charge in [0.25, 0.3) is 0 Å². The quantitative estimate of drug-likeness (QED) is 0.921. The second-order valence-corrected chi connectivity index (χ2v) is 5.83. The molecule has 23 heavy (non-hydrogen) atoms. The molecule has 1 atom stereocenters. The summed E-state index contributed by atoms with van der Waals surface area (Å²) in [5.41, 5.74) is 4.90. The van der Waals surface area contributed by atoms with Gasteiger partial charge in [-0.25, -0.2) is 0 Å². The maximum atomic E-state index is 12.1. The molecule has 1 N–H and O–H groups in total. The molecule has 1 heterocycles. The summed E-state index contributed by atoms with van der Waals surface area (Å²) in [5, 5.41) is 2.86. The minimum Gasteiger partial charge on any atom is -0.363 e. The van der Waals surface area contributed by atoms with E-state index in [0.29, 0.717) is 0 Å². The molecule has 1 aliphatic heterocycles. The van der Waals surface area contributed by atoms with Gasteiger partial charge in [-0.05, 0) is 37.6 Å². The Balaban J connectivity index is 1.62. The van der Waals surface area contributed by atoms with Gasteiger partial charge in [-0.3, -0.25) is 9.79 Å². The highest BCUT2D eigenvalue weighted by molar-refractivity contribution is 5.92. The van der Waals surface area contributed by atoms with E-state index in [1.165, 1.54) is 0 Å². The summed E-state index contributed by atoms with van der Waals surface area (Å²) in [4.78, 5) is 16.6. The molecule has 4 nitrogen and oxygen atoms in total. The van der Waals surface area contributed by atoms with Crippen molar-refractivity contribution in [3.05, 3.63) is 59.7 Å². The van der Waals surface area contributed by atoms with Gasteiger partial charge in [-0.15, -0.1) is 0 Å². The molecule has 0 fully saturated rings. The van der Waals surface area contributed by atoms with Gasteiger partial charge in [0.05, 0.1) is 11.8 Å². The fourth-order valence-electron chi connectivity index (χ4n) is 2.74. The molecule has 0 saturated carbocycles. The first-order valence-electron chi connectivity index (χ1n) is 7.73. The molecular formula is C19H20N2O2. The lowest BCUT2D eigenvalue weighted by Gasteiger charge is -2.23. The predicted octanol–water partition coefficient (Wildman–Crippen LogP) is 4.19. The minimum atomic E-state index is -0.145. The number of aryl methyl sites for hydroxylation is 1. The molecule has 1 amide bonds. The molecule has 0 spiro atoms. The molecule has 0 aliphatic carbocycles.